The van der Waals surface area contributed by atoms with Gasteiger partial charge >= 0.3 is 0 Å². The van der Waals surface area contributed by atoms with Crippen molar-refractivity contribution in [2.24, 2.45) is 0 Å². The van der Waals surface area contributed by atoms with Crippen LogP contribution in [0.1, 0.15) is 24.6 Å². The Bertz CT molecular complexity index is 538. The van der Waals surface area contributed by atoms with Crippen LogP contribution >= 0.6 is 15.9 Å². The zero-order valence-corrected chi connectivity index (χ0v) is 11.1. The number of hydrogen-bond acceptors (Lipinski definition) is 2. The molecule has 3 nitrogen and oxygen atoms in total. The maximum Gasteiger partial charge on any atom is 0.137 e. The highest BCUT2D eigenvalue weighted by molar-refractivity contribution is 9.10. The van der Waals surface area contributed by atoms with Crippen molar-refractivity contribution in [2.45, 2.75) is 18.8 Å². The second-order valence-corrected chi connectivity index (χ2v) is 5.36. The molecule has 0 amide bonds. The number of aromatic nitrogens is 2. The molecule has 0 fully saturated rings. The molecule has 17 heavy (non-hydrogen) atoms. The number of halogens is 1. The number of rotatable bonds is 1. The molecule has 1 aromatic carbocycles. The van der Waals surface area contributed by atoms with E-state index in [9.17, 15) is 0 Å². The van der Waals surface area contributed by atoms with Gasteiger partial charge in [-0.05, 0) is 41.4 Å². The first-order chi connectivity index (χ1) is 8.22. The summed E-state index contributed by atoms with van der Waals surface area (Å²) >= 11 is 3.54. The Labute approximate surface area is 108 Å². The van der Waals surface area contributed by atoms with Crippen LogP contribution in [0.15, 0.2) is 34.9 Å². The Kier molecular flexibility index (Phi) is 2.47. The summed E-state index contributed by atoms with van der Waals surface area (Å²) in [5, 5.41) is 7.24. The topological polar surface area (TPSA) is 37.9 Å². The number of para-hydroxylation sites is 1. The van der Waals surface area contributed by atoms with Crippen LogP contribution in [0.2, 0.25) is 0 Å². The van der Waals surface area contributed by atoms with E-state index in [1.54, 1.807) is 0 Å². The van der Waals surface area contributed by atoms with Crippen LogP contribution in [0, 0.1) is 0 Å². The lowest BCUT2D eigenvalue weighted by molar-refractivity contribution is 0.239. The first-order valence-corrected chi connectivity index (χ1v) is 6.43. The van der Waals surface area contributed by atoms with E-state index in [1.807, 2.05) is 24.4 Å². The number of nitrogens with one attached hydrogen (secondary N) is 1. The Morgan fingerprint density at radius 1 is 1.41 bits per heavy atom. The molecule has 0 spiro atoms. The molecule has 1 aromatic heterocycles. The Morgan fingerprint density at radius 3 is 3.06 bits per heavy atom. The van der Waals surface area contributed by atoms with E-state index in [0.29, 0.717) is 0 Å². The Balaban J connectivity index is 2.20. The van der Waals surface area contributed by atoms with Crippen molar-refractivity contribution < 1.29 is 4.74 Å². The van der Waals surface area contributed by atoms with Gasteiger partial charge in [-0.15, -0.1) is 0 Å². The maximum absolute atomic E-state index is 5.76. The van der Waals surface area contributed by atoms with Gasteiger partial charge in [0.15, 0.2) is 0 Å². The fraction of sp³-hybridized carbons (Fsp3) is 0.308. The monoisotopic (exact) mass is 292 g/mol. The first kappa shape index (κ1) is 10.8. The maximum atomic E-state index is 5.76. The summed E-state index contributed by atoms with van der Waals surface area (Å²) in [6.07, 6.45) is 2.81. The average molecular weight is 293 g/mol. The molecule has 1 N–H and O–H groups in total. The molecule has 1 aliphatic heterocycles. The van der Waals surface area contributed by atoms with Gasteiger partial charge in [0.05, 0.1) is 16.8 Å². The summed E-state index contributed by atoms with van der Waals surface area (Å²) in [4.78, 5) is 0. The van der Waals surface area contributed by atoms with Crippen molar-refractivity contribution in [3.8, 4) is 5.75 Å². The number of H-pyrrole nitrogens is 1. The number of hydrogen-bond donors (Lipinski definition) is 1. The quantitative estimate of drug-likeness (QED) is 0.876. The van der Waals surface area contributed by atoms with Crippen molar-refractivity contribution in [1.29, 1.82) is 0 Å². The molecule has 0 saturated carbocycles. The van der Waals surface area contributed by atoms with Gasteiger partial charge < -0.3 is 4.74 Å². The zero-order valence-electron chi connectivity index (χ0n) is 9.53. The molecule has 0 radical (unpaired) electrons. The van der Waals surface area contributed by atoms with Gasteiger partial charge in [0, 0.05) is 17.2 Å². The molecule has 0 bridgehead atoms. The van der Waals surface area contributed by atoms with Crippen molar-refractivity contribution in [1.82, 2.24) is 10.2 Å². The van der Waals surface area contributed by atoms with Crippen LogP contribution < -0.4 is 4.74 Å². The minimum absolute atomic E-state index is 0.0721. The van der Waals surface area contributed by atoms with Gasteiger partial charge in [0.2, 0.25) is 0 Å². The molecule has 1 atom stereocenters. The number of benzene rings is 1. The van der Waals surface area contributed by atoms with Crippen LogP contribution in [0.4, 0.5) is 0 Å². The summed E-state index contributed by atoms with van der Waals surface area (Å²) in [6.45, 7) is 2.94. The smallest absolute Gasteiger partial charge is 0.137 e. The summed E-state index contributed by atoms with van der Waals surface area (Å²) < 4.78 is 6.77. The molecule has 0 saturated heterocycles. The number of aromatic amines is 1. The second-order valence-electron chi connectivity index (χ2n) is 4.51. The van der Waals surface area contributed by atoms with Crippen LogP contribution in [-0.4, -0.2) is 16.8 Å². The minimum atomic E-state index is -0.0721. The molecule has 0 aliphatic carbocycles. The van der Waals surface area contributed by atoms with Gasteiger partial charge in [-0.2, -0.15) is 5.10 Å². The zero-order chi connectivity index (χ0) is 11.9. The largest absolute Gasteiger partial charge is 0.492 e. The summed E-state index contributed by atoms with van der Waals surface area (Å²) in [5.74, 6) is 0.948. The Hall–Kier alpha value is -1.29. The lowest BCUT2D eigenvalue weighted by Gasteiger charge is -2.34. The third-order valence-corrected chi connectivity index (χ3v) is 4.10. The second kappa shape index (κ2) is 3.88. The normalized spacial score (nSPS) is 22.9. The van der Waals surface area contributed by atoms with Crippen molar-refractivity contribution >= 4 is 15.9 Å². The molecule has 4 heteroatoms. The van der Waals surface area contributed by atoms with Crippen LogP contribution in [0.25, 0.3) is 0 Å². The van der Waals surface area contributed by atoms with E-state index in [0.717, 1.165) is 28.9 Å². The highest BCUT2D eigenvalue weighted by atomic mass is 79.9. The van der Waals surface area contributed by atoms with Gasteiger partial charge in [0.25, 0.3) is 0 Å². The fourth-order valence-electron chi connectivity index (χ4n) is 2.42. The highest BCUT2D eigenvalue weighted by Gasteiger charge is 2.37. The molecule has 1 unspecified atom stereocenters. The lowest BCUT2D eigenvalue weighted by atomic mass is 9.75. The number of fused-ring (bicyclic) bond motifs is 1. The van der Waals surface area contributed by atoms with E-state index < -0.39 is 0 Å². The third kappa shape index (κ3) is 1.59. The van der Waals surface area contributed by atoms with Gasteiger partial charge in [0.1, 0.15) is 5.75 Å². The predicted molar refractivity (Wildman–Crippen MR) is 69.3 cm³/mol. The number of ether oxygens (including phenoxy) is 1. The highest BCUT2D eigenvalue weighted by Crippen LogP contribution is 2.45. The van der Waals surface area contributed by atoms with Gasteiger partial charge in [-0.1, -0.05) is 12.1 Å². The lowest BCUT2D eigenvalue weighted by Crippen LogP contribution is -2.31. The van der Waals surface area contributed by atoms with Crippen LogP contribution in [0.5, 0.6) is 5.75 Å². The van der Waals surface area contributed by atoms with E-state index >= 15 is 0 Å². The molecule has 2 heterocycles. The molecular weight excluding hydrogens is 280 g/mol. The summed E-state index contributed by atoms with van der Waals surface area (Å²) in [5.41, 5.74) is 2.20. The van der Waals surface area contributed by atoms with Crippen molar-refractivity contribution in [3.05, 3.63) is 46.2 Å². The Morgan fingerprint density at radius 2 is 2.29 bits per heavy atom. The average Bonchev–Trinajstić information content (AvgIpc) is 2.85. The van der Waals surface area contributed by atoms with Crippen molar-refractivity contribution in [2.75, 3.05) is 6.61 Å². The molecule has 88 valence electrons. The van der Waals surface area contributed by atoms with Crippen LogP contribution in [-0.2, 0) is 5.41 Å². The SMILES string of the molecule is CC1(c2cc[nH]n2)CCOc2c(Br)cccc21. The van der Waals surface area contributed by atoms with Gasteiger partial charge in [-0.3, -0.25) is 5.10 Å². The molecular formula is C13H13BrN2O. The van der Waals surface area contributed by atoms with Gasteiger partial charge in [-0.25, -0.2) is 0 Å². The summed E-state index contributed by atoms with van der Waals surface area (Å²) in [6, 6.07) is 8.21. The minimum Gasteiger partial charge on any atom is -0.492 e. The van der Waals surface area contributed by atoms with Crippen LogP contribution in [0.3, 0.4) is 0 Å². The third-order valence-electron chi connectivity index (χ3n) is 3.48. The predicted octanol–water partition coefficient (Wildman–Crippen LogP) is 3.26. The van der Waals surface area contributed by atoms with E-state index in [2.05, 4.69) is 39.1 Å². The molecule has 1 aliphatic rings. The standard InChI is InChI=1S/C13H13BrN2O/c1-13(11-5-7-15-16-11)6-8-17-12-9(13)3-2-4-10(12)14/h2-5,7H,6,8H2,1H3,(H,15,16). The first-order valence-electron chi connectivity index (χ1n) is 5.64. The fourth-order valence-corrected chi connectivity index (χ4v) is 2.90. The van der Waals surface area contributed by atoms with E-state index in [4.69, 9.17) is 4.74 Å². The van der Waals surface area contributed by atoms with Crippen molar-refractivity contribution in [3.63, 3.8) is 0 Å². The summed E-state index contributed by atoms with van der Waals surface area (Å²) in [7, 11) is 0. The molecule has 2 aromatic rings. The number of nitrogens with zero attached hydrogens (tertiary/aromatic N) is 1. The molecule has 3 rings (SSSR count). The van der Waals surface area contributed by atoms with E-state index in [-0.39, 0.29) is 5.41 Å². The van der Waals surface area contributed by atoms with E-state index in [1.165, 1.54) is 5.56 Å².